The molecule has 2 atom stereocenters. The molecule has 1 nitrogen and oxygen atoms in total. The highest BCUT2D eigenvalue weighted by Crippen LogP contribution is 2.71. The van der Waals surface area contributed by atoms with Gasteiger partial charge < -0.3 is 4.79 Å². The highest BCUT2D eigenvalue weighted by Gasteiger charge is 2.65. The van der Waals surface area contributed by atoms with E-state index in [1.165, 1.54) is 37.5 Å². The minimum absolute atomic E-state index is 0.308. The molecule has 2 aliphatic rings. The topological polar surface area (TPSA) is 17.1 Å². The third-order valence-electron chi connectivity index (χ3n) is 4.37. The molecule has 2 aliphatic carbocycles. The molecule has 78 valence electrons. The summed E-state index contributed by atoms with van der Waals surface area (Å²) in [6.45, 7) is 0. The molecule has 1 spiro atoms. The third-order valence-corrected chi connectivity index (χ3v) is 4.37. The van der Waals surface area contributed by atoms with Crippen molar-refractivity contribution in [2.45, 2.75) is 31.6 Å². The van der Waals surface area contributed by atoms with Crippen LogP contribution in [0.15, 0.2) is 30.3 Å². The first-order valence-corrected chi connectivity index (χ1v) is 5.89. The van der Waals surface area contributed by atoms with Crippen LogP contribution in [0.4, 0.5) is 0 Å². The van der Waals surface area contributed by atoms with E-state index in [9.17, 15) is 4.79 Å². The highest BCUT2D eigenvalue weighted by molar-refractivity contribution is 5.65. The van der Waals surface area contributed by atoms with Gasteiger partial charge in [-0.1, -0.05) is 43.2 Å². The van der Waals surface area contributed by atoms with E-state index in [-0.39, 0.29) is 0 Å². The van der Waals surface area contributed by atoms with Gasteiger partial charge in [0, 0.05) is 11.8 Å². The van der Waals surface area contributed by atoms with E-state index >= 15 is 0 Å². The Morgan fingerprint density at radius 2 is 1.80 bits per heavy atom. The lowest BCUT2D eigenvalue weighted by atomic mass is 9.97. The second-order valence-corrected chi connectivity index (χ2v) is 4.99. The molecule has 0 N–H and O–H groups in total. The molecular weight excluding hydrogens is 184 g/mol. The maximum Gasteiger partial charge on any atom is 0.124 e. The molecule has 2 saturated carbocycles. The standard InChI is InChI=1S/C14H16O/c15-10-12-13(11-6-2-1-3-7-11)14(12)8-4-5-9-14/h1-3,6-7,10,12-13H,4-5,8-9H2/t12-,13-/m0/s1. The second kappa shape index (κ2) is 3.19. The summed E-state index contributed by atoms with van der Waals surface area (Å²) < 4.78 is 0. The molecule has 2 fully saturated rings. The van der Waals surface area contributed by atoms with Crippen LogP contribution >= 0.6 is 0 Å². The third kappa shape index (κ3) is 1.19. The SMILES string of the molecule is O=C[C@H]1[C@H](c2ccccc2)C12CCCC2. The molecule has 0 amide bonds. The number of carbonyl (C=O) groups is 1. The molecule has 0 aliphatic heterocycles. The normalized spacial score (nSPS) is 31.7. The minimum Gasteiger partial charge on any atom is -0.303 e. The highest BCUT2D eigenvalue weighted by atomic mass is 16.1. The number of hydrogen-bond donors (Lipinski definition) is 0. The first kappa shape index (κ1) is 9.14. The fraction of sp³-hybridized carbons (Fsp3) is 0.500. The zero-order chi connectivity index (χ0) is 10.3. The van der Waals surface area contributed by atoms with Gasteiger partial charge in [-0.25, -0.2) is 0 Å². The Balaban J connectivity index is 1.92. The van der Waals surface area contributed by atoms with E-state index in [2.05, 4.69) is 24.3 Å². The van der Waals surface area contributed by atoms with Crippen LogP contribution in [0, 0.1) is 11.3 Å². The molecule has 3 rings (SSSR count). The predicted molar refractivity (Wildman–Crippen MR) is 59.6 cm³/mol. The zero-order valence-electron chi connectivity index (χ0n) is 8.86. The molecule has 15 heavy (non-hydrogen) atoms. The number of hydrogen-bond acceptors (Lipinski definition) is 1. The fourth-order valence-electron chi connectivity index (χ4n) is 3.61. The summed E-state index contributed by atoms with van der Waals surface area (Å²) >= 11 is 0. The van der Waals surface area contributed by atoms with Crippen molar-refractivity contribution in [3.8, 4) is 0 Å². The molecule has 0 heterocycles. The molecule has 1 aromatic rings. The maximum atomic E-state index is 11.1. The van der Waals surface area contributed by atoms with Gasteiger partial charge >= 0.3 is 0 Å². The Hall–Kier alpha value is -1.11. The summed E-state index contributed by atoms with van der Waals surface area (Å²) in [6.07, 6.45) is 6.34. The van der Waals surface area contributed by atoms with Crippen molar-refractivity contribution in [1.82, 2.24) is 0 Å². The van der Waals surface area contributed by atoms with Gasteiger partial charge in [0.1, 0.15) is 6.29 Å². The van der Waals surface area contributed by atoms with Gasteiger partial charge in [-0.2, -0.15) is 0 Å². The number of rotatable bonds is 2. The lowest BCUT2D eigenvalue weighted by Crippen LogP contribution is -1.98. The summed E-state index contributed by atoms with van der Waals surface area (Å²) in [4.78, 5) is 11.1. The monoisotopic (exact) mass is 200 g/mol. The average Bonchev–Trinajstić information content (AvgIpc) is 2.64. The average molecular weight is 200 g/mol. The zero-order valence-corrected chi connectivity index (χ0v) is 8.86. The van der Waals surface area contributed by atoms with E-state index in [0.717, 1.165) is 0 Å². The van der Waals surface area contributed by atoms with Gasteiger partial charge in [0.15, 0.2) is 0 Å². The lowest BCUT2D eigenvalue weighted by Gasteiger charge is -2.07. The van der Waals surface area contributed by atoms with E-state index in [1.807, 2.05) is 6.07 Å². The van der Waals surface area contributed by atoms with Gasteiger partial charge in [-0.05, 0) is 23.8 Å². The van der Waals surface area contributed by atoms with Crippen LogP contribution in [0.2, 0.25) is 0 Å². The van der Waals surface area contributed by atoms with E-state index in [0.29, 0.717) is 17.3 Å². The smallest absolute Gasteiger partial charge is 0.124 e. The minimum atomic E-state index is 0.308. The number of aldehydes is 1. The number of benzene rings is 1. The van der Waals surface area contributed by atoms with Crippen LogP contribution in [-0.4, -0.2) is 6.29 Å². The van der Waals surface area contributed by atoms with Gasteiger partial charge in [0.2, 0.25) is 0 Å². The van der Waals surface area contributed by atoms with Crippen LogP contribution < -0.4 is 0 Å². The van der Waals surface area contributed by atoms with Crippen molar-refractivity contribution >= 4 is 6.29 Å². The van der Waals surface area contributed by atoms with Crippen LogP contribution in [0.25, 0.3) is 0 Å². The molecule has 0 radical (unpaired) electrons. The quantitative estimate of drug-likeness (QED) is 0.670. The molecule has 0 aromatic heterocycles. The maximum absolute atomic E-state index is 11.1. The van der Waals surface area contributed by atoms with E-state index in [1.54, 1.807) is 0 Å². The molecule has 0 unspecified atom stereocenters. The first-order valence-electron chi connectivity index (χ1n) is 5.89. The van der Waals surface area contributed by atoms with Gasteiger partial charge in [0.05, 0.1) is 0 Å². The summed E-state index contributed by atoms with van der Waals surface area (Å²) in [7, 11) is 0. The molecule has 0 saturated heterocycles. The fourth-order valence-corrected chi connectivity index (χ4v) is 3.61. The van der Waals surface area contributed by atoms with Crippen LogP contribution in [-0.2, 0) is 4.79 Å². The second-order valence-electron chi connectivity index (χ2n) is 4.99. The Morgan fingerprint density at radius 3 is 2.40 bits per heavy atom. The van der Waals surface area contributed by atoms with E-state index < -0.39 is 0 Å². The Kier molecular flexibility index (Phi) is 1.95. The van der Waals surface area contributed by atoms with Crippen LogP contribution in [0.3, 0.4) is 0 Å². The summed E-state index contributed by atoms with van der Waals surface area (Å²) in [5.74, 6) is 0.834. The molecule has 1 aromatic carbocycles. The Morgan fingerprint density at radius 1 is 1.13 bits per heavy atom. The Bertz CT molecular complexity index is 362. The van der Waals surface area contributed by atoms with Crippen molar-refractivity contribution in [3.63, 3.8) is 0 Å². The molecule has 0 bridgehead atoms. The van der Waals surface area contributed by atoms with Crippen molar-refractivity contribution in [2.75, 3.05) is 0 Å². The van der Waals surface area contributed by atoms with Gasteiger partial charge in [-0.15, -0.1) is 0 Å². The summed E-state index contributed by atoms with van der Waals surface area (Å²) in [6, 6.07) is 10.6. The largest absolute Gasteiger partial charge is 0.303 e. The predicted octanol–water partition coefficient (Wildman–Crippen LogP) is 3.16. The molecular formula is C14H16O. The van der Waals surface area contributed by atoms with Crippen molar-refractivity contribution in [1.29, 1.82) is 0 Å². The van der Waals surface area contributed by atoms with Crippen molar-refractivity contribution in [2.24, 2.45) is 11.3 Å². The summed E-state index contributed by atoms with van der Waals surface area (Å²) in [5.41, 5.74) is 1.74. The van der Waals surface area contributed by atoms with Gasteiger partial charge in [0.25, 0.3) is 0 Å². The number of carbonyl (C=O) groups excluding carboxylic acids is 1. The lowest BCUT2D eigenvalue weighted by molar-refractivity contribution is -0.109. The van der Waals surface area contributed by atoms with E-state index in [4.69, 9.17) is 0 Å². The van der Waals surface area contributed by atoms with Crippen molar-refractivity contribution < 1.29 is 4.79 Å². The van der Waals surface area contributed by atoms with Crippen LogP contribution in [0.5, 0.6) is 0 Å². The summed E-state index contributed by atoms with van der Waals surface area (Å²) in [5, 5.41) is 0. The van der Waals surface area contributed by atoms with Crippen LogP contribution in [0.1, 0.15) is 37.2 Å². The molecule has 1 heteroatoms. The van der Waals surface area contributed by atoms with Gasteiger partial charge in [-0.3, -0.25) is 0 Å². The Labute approximate surface area is 90.5 Å². The first-order chi connectivity index (χ1) is 7.38. The van der Waals surface area contributed by atoms with Crippen molar-refractivity contribution in [3.05, 3.63) is 35.9 Å².